The van der Waals surface area contributed by atoms with Gasteiger partial charge in [0.05, 0.1) is 10.6 Å². The molecule has 0 atom stereocenters. The van der Waals surface area contributed by atoms with Crippen LogP contribution in [-0.4, -0.2) is 8.42 Å². The molecule has 0 heterocycles. The summed E-state index contributed by atoms with van der Waals surface area (Å²) < 4.78 is 25.0. The van der Waals surface area contributed by atoms with E-state index in [2.05, 4.69) is 0 Å². The van der Waals surface area contributed by atoms with Crippen LogP contribution in [0.4, 0.5) is 0 Å². The number of hydrogen-bond donors (Lipinski definition) is 0. The standard InChI is InChI=1S/C19H15ClO2S/c20-18-10-6-16(7-11-18)17-8-12-19(13-9-17)23(21,22)14-15-4-2-1-3-5-15/h1-13H,14H2. The van der Waals surface area contributed by atoms with Gasteiger partial charge in [0, 0.05) is 5.02 Å². The molecule has 0 aliphatic heterocycles. The van der Waals surface area contributed by atoms with Gasteiger partial charge in [0.1, 0.15) is 0 Å². The van der Waals surface area contributed by atoms with Crippen LogP contribution in [0.15, 0.2) is 83.8 Å². The molecule has 0 bridgehead atoms. The highest BCUT2D eigenvalue weighted by Crippen LogP contribution is 2.24. The molecule has 2 nitrogen and oxygen atoms in total. The molecule has 0 radical (unpaired) electrons. The topological polar surface area (TPSA) is 34.1 Å². The van der Waals surface area contributed by atoms with Crippen LogP contribution in [0.2, 0.25) is 5.02 Å². The second-order valence-electron chi connectivity index (χ2n) is 5.28. The lowest BCUT2D eigenvalue weighted by Gasteiger charge is -2.07. The summed E-state index contributed by atoms with van der Waals surface area (Å²) >= 11 is 5.88. The van der Waals surface area contributed by atoms with E-state index < -0.39 is 9.84 Å². The highest BCUT2D eigenvalue weighted by atomic mass is 35.5. The van der Waals surface area contributed by atoms with Crippen molar-refractivity contribution in [2.45, 2.75) is 10.6 Å². The highest BCUT2D eigenvalue weighted by Gasteiger charge is 2.15. The van der Waals surface area contributed by atoms with Crippen LogP contribution in [0.5, 0.6) is 0 Å². The quantitative estimate of drug-likeness (QED) is 0.670. The fraction of sp³-hybridized carbons (Fsp3) is 0.0526. The van der Waals surface area contributed by atoms with Crippen molar-refractivity contribution in [3.05, 3.63) is 89.4 Å². The van der Waals surface area contributed by atoms with Gasteiger partial charge in [-0.15, -0.1) is 0 Å². The Labute approximate surface area is 141 Å². The molecular formula is C19H15ClO2S. The first kappa shape index (κ1) is 15.8. The Hall–Kier alpha value is -2.10. The van der Waals surface area contributed by atoms with Gasteiger partial charge in [-0.05, 0) is 41.0 Å². The largest absolute Gasteiger partial charge is 0.223 e. The van der Waals surface area contributed by atoms with Gasteiger partial charge in [-0.25, -0.2) is 8.42 Å². The SMILES string of the molecule is O=S(=O)(Cc1ccccc1)c1ccc(-c2ccc(Cl)cc2)cc1. The van der Waals surface area contributed by atoms with E-state index in [1.165, 1.54) is 0 Å². The summed E-state index contributed by atoms with van der Waals surface area (Å²) in [4.78, 5) is 0.332. The molecule has 0 aliphatic rings. The molecule has 0 amide bonds. The molecule has 0 saturated heterocycles. The monoisotopic (exact) mass is 342 g/mol. The van der Waals surface area contributed by atoms with E-state index in [-0.39, 0.29) is 5.75 Å². The van der Waals surface area contributed by atoms with Crippen LogP contribution in [0.3, 0.4) is 0 Å². The van der Waals surface area contributed by atoms with Gasteiger partial charge < -0.3 is 0 Å². The number of rotatable bonds is 4. The Morgan fingerprint density at radius 2 is 1.22 bits per heavy atom. The summed E-state index contributed by atoms with van der Waals surface area (Å²) in [7, 11) is -3.34. The van der Waals surface area contributed by atoms with Crippen LogP contribution in [0, 0.1) is 0 Å². The van der Waals surface area contributed by atoms with Crippen LogP contribution in [0.25, 0.3) is 11.1 Å². The van der Waals surface area contributed by atoms with Crippen molar-refractivity contribution < 1.29 is 8.42 Å². The zero-order valence-corrected chi connectivity index (χ0v) is 13.9. The molecule has 116 valence electrons. The zero-order chi connectivity index (χ0) is 16.3. The van der Waals surface area contributed by atoms with Crippen LogP contribution < -0.4 is 0 Å². The minimum atomic E-state index is -3.34. The van der Waals surface area contributed by atoms with Crippen molar-refractivity contribution in [1.29, 1.82) is 0 Å². The Bertz CT molecular complexity index is 884. The van der Waals surface area contributed by atoms with Crippen molar-refractivity contribution in [2.24, 2.45) is 0 Å². The van der Waals surface area contributed by atoms with Crippen molar-refractivity contribution in [3.63, 3.8) is 0 Å². The number of sulfone groups is 1. The second kappa shape index (κ2) is 6.57. The lowest BCUT2D eigenvalue weighted by atomic mass is 10.1. The smallest absolute Gasteiger partial charge is 0.182 e. The fourth-order valence-corrected chi connectivity index (χ4v) is 3.85. The average molecular weight is 343 g/mol. The van der Waals surface area contributed by atoms with Gasteiger partial charge in [0.25, 0.3) is 0 Å². The summed E-state index contributed by atoms with van der Waals surface area (Å²) in [6, 6.07) is 23.6. The summed E-state index contributed by atoms with van der Waals surface area (Å²) in [6.07, 6.45) is 0. The van der Waals surface area contributed by atoms with Crippen LogP contribution >= 0.6 is 11.6 Å². The lowest BCUT2D eigenvalue weighted by Crippen LogP contribution is -2.04. The Morgan fingerprint density at radius 3 is 1.78 bits per heavy atom. The number of halogens is 1. The van der Waals surface area contributed by atoms with E-state index in [4.69, 9.17) is 11.6 Å². The summed E-state index contributed by atoms with van der Waals surface area (Å²) in [5, 5.41) is 0.677. The minimum absolute atomic E-state index is 0.00807. The molecule has 3 aromatic carbocycles. The first-order chi connectivity index (χ1) is 11.0. The normalized spacial score (nSPS) is 11.3. The molecular weight excluding hydrogens is 328 g/mol. The van der Waals surface area contributed by atoms with Gasteiger partial charge in [-0.3, -0.25) is 0 Å². The van der Waals surface area contributed by atoms with Gasteiger partial charge in [0.15, 0.2) is 9.84 Å². The van der Waals surface area contributed by atoms with E-state index in [1.54, 1.807) is 12.1 Å². The molecule has 0 aromatic heterocycles. The Kier molecular flexibility index (Phi) is 4.51. The lowest BCUT2D eigenvalue weighted by molar-refractivity contribution is 0.595. The maximum atomic E-state index is 12.5. The first-order valence-corrected chi connectivity index (χ1v) is 9.20. The van der Waals surface area contributed by atoms with E-state index in [0.717, 1.165) is 16.7 Å². The zero-order valence-electron chi connectivity index (χ0n) is 12.3. The first-order valence-electron chi connectivity index (χ1n) is 7.17. The molecule has 0 unspecified atom stereocenters. The van der Waals surface area contributed by atoms with Crippen molar-refractivity contribution in [2.75, 3.05) is 0 Å². The maximum absolute atomic E-state index is 12.5. The van der Waals surface area contributed by atoms with E-state index in [0.29, 0.717) is 9.92 Å². The summed E-state index contributed by atoms with van der Waals surface area (Å²) in [6.45, 7) is 0. The number of hydrogen-bond acceptors (Lipinski definition) is 2. The van der Waals surface area contributed by atoms with Crippen molar-refractivity contribution in [1.82, 2.24) is 0 Å². The van der Waals surface area contributed by atoms with E-state index in [9.17, 15) is 8.42 Å². The van der Waals surface area contributed by atoms with Crippen molar-refractivity contribution in [3.8, 4) is 11.1 Å². The van der Waals surface area contributed by atoms with Crippen molar-refractivity contribution >= 4 is 21.4 Å². The molecule has 23 heavy (non-hydrogen) atoms. The third-order valence-electron chi connectivity index (χ3n) is 3.59. The van der Waals surface area contributed by atoms with Crippen LogP contribution in [-0.2, 0) is 15.6 Å². The summed E-state index contributed by atoms with van der Waals surface area (Å²) in [5.41, 5.74) is 2.75. The van der Waals surface area contributed by atoms with E-state index in [1.807, 2.05) is 66.7 Å². The van der Waals surface area contributed by atoms with Gasteiger partial charge in [-0.2, -0.15) is 0 Å². The van der Waals surface area contributed by atoms with Gasteiger partial charge in [-0.1, -0.05) is 66.2 Å². The maximum Gasteiger partial charge on any atom is 0.182 e. The molecule has 0 saturated carbocycles. The van der Waals surface area contributed by atoms with E-state index >= 15 is 0 Å². The average Bonchev–Trinajstić information content (AvgIpc) is 2.56. The fourth-order valence-electron chi connectivity index (χ4n) is 2.37. The Morgan fingerprint density at radius 1 is 0.696 bits per heavy atom. The molecule has 0 spiro atoms. The molecule has 3 aromatic rings. The molecule has 3 rings (SSSR count). The third kappa shape index (κ3) is 3.81. The molecule has 4 heteroatoms. The predicted molar refractivity (Wildman–Crippen MR) is 94.2 cm³/mol. The third-order valence-corrected chi connectivity index (χ3v) is 5.55. The molecule has 0 N–H and O–H groups in total. The minimum Gasteiger partial charge on any atom is -0.223 e. The number of benzene rings is 3. The van der Waals surface area contributed by atoms with Gasteiger partial charge >= 0.3 is 0 Å². The highest BCUT2D eigenvalue weighted by molar-refractivity contribution is 7.90. The van der Waals surface area contributed by atoms with Gasteiger partial charge in [0.2, 0.25) is 0 Å². The molecule has 0 fully saturated rings. The predicted octanol–water partition coefficient (Wildman–Crippen LogP) is 4.98. The van der Waals surface area contributed by atoms with Crippen LogP contribution in [0.1, 0.15) is 5.56 Å². The Balaban J connectivity index is 1.85. The second-order valence-corrected chi connectivity index (χ2v) is 7.70. The molecule has 0 aliphatic carbocycles. The summed E-state index contributed by atoms with van der Waals surface area (Å²) in [5.74, 6) is 0.00807.